The van der Waals surface area contributed by atoms with Gasteiger partial charge in [0, 0.05) is 24.3 Å². The van der Waals surface area contributed by atoms with Gasteiger partial charge in [-0.25, -0.2) is 0 Å². The highest BCUT2D eigenvalue weighted by Gasteiger charge is 2.19. The van der Waals surface area contributed by atoms with Crippen molar-refractivity contribution in [1.29, 1.82) is 0 Å². The first kappa shape index (κ1) is 26.0. The summed E-state index contributed by atoms with van der Waals surface area (Å²) in [7, 11) is 0. The molecule has 0 aromatic heterocycles. The van der Waals surface area contributed by atoms with E-state index in [1.54, 1.807) is 24.3 Å². The Bertz CT molecular complexity index is 1060. The Labute approximate surface area is 208 Å². The van der Waals surface area contributed by atoms with Crippen LogP contribution in [0.3, 0.4) is 0 Å². The minimum absolute atomic E-state index is 0.0827. The van der Waals surface area contributed by atoms with Gasteiger partial charge in [-0.15, -0.1) is 0 Å². The van der Waals surface area contributed by atoms with Crippen LogP contribution in [0.2, 0.25) is 0 Å². The van der Waals surface area contributed by atoms with Crippen molar-refractivity contribution < 1.29 is 14.3 Å². The fraction of sp³-hybridized carbons (Fsp3) is 0.310. The van der Waals surface area contributed by atoms with Crippen LogP contribution in [-0.2, 0) is 4.79 Å². The highest BCUT2D eigenvalue weighted by atomic mass is 16.5. The Morgan fingerprint density at radius 1 is 0.829 bits per heavy atom. The molecule has 0 aliphatic carbocycles. The van der Waals surface area contributed by atoms with Crippen molar-refractivity contribution in [3.63, 3.8) is 0 Å². The Hall–Kier alpha value is -3.64. The minimum Gasteiger partial charge on any atom is -0.457 e. The molecule has 0 radical (unpaired) electrons. The summed E-state index contributed by atoms with van der Waals surface area (Å²) < 4.78 is 5.85. The van der Waals surface area contributed by atoms with Gasteiger partial charge in [0.25, 0.3) is 5.91 Å². The summed E-state index contributed by atoms with van der Waals surface area (Å²) in [5, 5.41) is 5.93. The normalized spacial score (nSPS) is 11.7. The summed E-state index contributed by atoms with van der Waals surface area (Å²) >= 11 is 0. The Kier molecular flexibility index (Phi) is 9.87. The number of anilines is 1. The standard InChI is InChI=1S/C29H35N3O3/c1-4-27(22-14-18-26(19-15-22)35-25-10-8-7-9-11-25)29(34)31-24-16-12-23(13-17-24)28(33)30-20-21-32(5-2)6-3/h7-19,27H,4-6,20-21H2,1-3H3,(H,30,33)(H,31,34). The summed E-state index contributed by atoms with van der Waals surface area (Å²) in [5.41, 5.74) is 2.16. The third-order valence-electron chi connectivity index (χ3n) is 6.01. The van der Waals surface area contributed by atoms with Crippen LogP contribution in [0.4, 0.5) is 5.69 Å². The number of carbonyl (C=O) groups is 2. The van der Waals surface area contributed by atoms with Crippen molar-refractivity contribution >= 4 is 17.5 Å². The van der Waals surface area contributed by atoms with Crippen molar-refractivity contribution in [3.05, 3.63) is 90.0 Å². The molecule has 0 heterocycles. The van der Waals surface area contributed by atoms with Gasteiger partial charge in [-0.1, -0.05) is 51.1 Å². The number of ether oxygens (including phenoxy) is 1. The maximum Gasteiger partial charge on any atom is 0.251 e. The minimum atomic E-state index is -0.288. The van der Waals surface area contributed by atoms with Crippen molar-refractivity contribution in [2.45, 2.75) is 33.1 Å². The number of nitrogens with zero attached hydrogens (tertiary/aromatic N) is 1. The lowest BCUT2D eigenvalue weighted by Gasteiger charge is -2.18. The van der Waals surface area contributed by atoms with E-state index in [9.17, 15) is 9.59 Å². The van der Waals surface area contributed by atoms with E-state index in [2.05, 4.69) is 29.4 Å². The van der Waals surface area contributed by atoms with Gasteiger partial charge in [-0.3, -0.25) is 9.59 Å². The smallest absolute Gasteiger partial charge is 0.251 e. The number of hydrogen-bond donors (Lipinski definition) is 2. The van der Waals surface area contributed by atoms with E-state index in [1.165, 1.54) is 0 Å². The number of rotatable bonds is 12. The molecular formula is C29H35N3O3. The Morgan fingerprint density at radius 2 is 1.46 bits per heavy atom. The largest absolute Gasteiger partial charge is 0.457 e. The average molecular weight is 474 g/mol. The van der Waals surface area contributed by atoms with Gasteiger partial charge < -0.3 is 20.3 Å². The highest BCUT2D eigenvalue weighted by molar-refractivity contribution is 5.97. The molecule has 2 amide bonds. The fourth-order valence-corrected chi connectivity index (χ4v) is 3.87. The molecule has 1 atom stereocenters. The first-order valence-corrected chi connectivity index (χ1v) is 12.3. The van der Waals surface area contributed by atoms with E-state index in [1.807, 2.05) is 61.5 Å². The molecule has 3 aromatic rings. The molecule has 0 saturated heterocycles. The molecule has 0 saturated carbocycles. The van der Waals surface area contributed by atoms with E-state index >= 15 is 0 Å². The summed E-state index contributed by atoms with van der Waals surface area (Å²) in [6.07, 6.45) is 0.664. The number of amides is 2. The summed E-state index contributed by atoms with van der Waals surface area (Å²) in [6.45, 7) is 9.56. The first-order chi connectivity index (χ1) is 17.0. The van der Waals surface area contributed by atoms with Gasteiger partial charge in [0.2, 0.25) is 5.91 Å². The molecule has 6 nitrogen and oxygen atoms in total. The zero-order valence-corrected chi connectivity index (χ0v) is 20.8. The van der Waals surface area contributed by atoms with Crippen LogP contribution in [0.15, 0.2) is 78.9 Å². The number of nitrogens with one attached hydrogen (secondary N) is 2. The predicted molar refractivity (Wildman–Crippen MR) is 141 cm³/mol. The molecular weight excluding hydrogens is 438 g/mol. The molecule has 2 N–H and O–H groups in total. The molecule has 0 aliphatic heterocycles. The lowest BCUT2D eigenvalue weighted by atomic mass is 9.95. The SMILES string of the molecule is CCC(C(=O)Nc1ccc(C(=O)NCCN(CC)CC)cc1)c1ccc(Oc2ccccc2)cc1. The van der Waals surface area contributed by atoms with Crippen LogP contribution >= 0.6 is 0 Å². The highest BCUT2D eigenvalue weighted by Crippen LogP contribution is 2.26. The second kappa shape index (κ2) is 13.3. The quantitative estimate of drug-likeness (QED) is 0.355. The molecule has 0 fully saturated rings. The van der Waals surface area contributed by atoms with E-state index in [-0.39, 0.29) is 17.7 Å². The van der Waals surface area contributed by atoms with Crippen LogP contribution in [-0.4, -0.2) is 42.9 Å². The number of hydrogen-bond acceptors (Lipinski definition) is 4. The zero-order chi connectivity index (χ0) is 25.0. The molecule has 184 valence electrons. The third kappa shape index (κ3) is 7.69. The Morgan fingerprint density at radius 3 is 2.06 bits per heavy atom. The van der Waals surface area contributed by atoms with Crippen molar-refractivity contribution in [1.82, 2.24) is 10.2 Å². The van der Waals surface area contributed by atoms with Crippen molar-refractivity contribution in [2.24, 2.45) is 0 Å². The van der Waals surface area contributed by atoms with Gasteiger partial charge in [0.1, 0.15) is 11.5 Å². The lowest BCUT2D eigenvalue weighted by Crippen LogP contribution is -2.34. The zero-order valence-electron chi connectivity index (χ0n) is 20.8. The number of para-hydroxylation sites is 1. The molecule has 0 aliphatic rings. The van der Waals surface area contributed by atoms with Gasteiger partial charge in [0.05, 0.1) is 5.92 Å². The van der Waals surface area contributed by atoms with Gasteiger partial charge in [-0.2, -0.15) is 0 Å². The van der Waals surface area contributed by atoms with Crippen LogP contribution in [0.25, 0.3) is 0 Å². The second-order valence-electron chi connectivity index (χ2n) is 8.29. The van der Waals surface area contributed by atoms with E-state index < -0.39 is 0 Å². The van der Waals surface area contributed by atoms with Crippen molar-refractivity contribution in [2.75, 3.05) is 31.5 Å². The summed E-state index contributed by atoms with van der Waals surface area (Å²) in [5.74, 6) is 1.01. The second-order valence-corrected chi connectivity index (χ2v) is 8.29. The van der Waals surface area contributed by atoms with Crippen LogP contribution in [0.1, 0.15) is 49.0 Å². The molecule has 1 unspecified atom stereocenters. The first-order valence-electron chi connectivity index (χ1n) is 12.3. The molecule has 6 heteroatoms. The molecule has 0 bridgehead atoms. The maximum absolute atomic E-state index is 13.0. The number of benzene rings is 3. The summed E-state index contributed by atoms with van der Waals surface area (Å²) in [4.78, 5) is 27.6. The van der Waals surface area contributed by atoms with Crippen LogP contribution in [0, 0.1) is 0 Å². The van der Waals surface area contributed by atoms with E-state index in [4.69, 9.17) is 4.74 Å². The monoisotopic (exact) mass is 473 g/mol. The third-order valence-corrected chi connectivity index (χ3v) is 6.01. The Balaban J connectivity index is 1.55. The average Bonchev–Trinajstić information content (AvgIpc) is 2.89. The molecule has 3 aromatic carbocycles. The maximum atomic E-state index is 13.0. The predicted octanol–water partition coefficient (Wildman–Crippen LogP) is 5.68. The topological polar surface area (TPSA) is 70.7 Å². The molecule has 35 heavy (non-hydrogen) atoms. The number of likely N-dealkylation sites (N-methyl/N-ethyl adjacent to an activating group) is 1. The van der Waals surface area contributed by atoms with E-state index in [0.717, 1.165) is 36.7 Å². The van der Waals surface area contributed by atoms with Crippen LogP contribution < -0.4 is 15.4 Å². The molecule has 0 spiro atoms. The lowest BCUT2D eigenvalue weighted by molar-refractivity contribution is -0.117. The fourth-order valence-electron chi connectivity index (χ4n) is 3.87. The molecule has 3 rings (SSSR count). The van der Waals surface area contributed by atoms with Gasteiger partial charge in [0.15, 0.2) is 0 Å². The van der Waals surface area contributed by atoms with Gasteiger partial charge in [-0.05, 0) is 73.6 Å². The van der Waals surface area contributed by atoms with E-state index in [0.29, 0.717) is 24.2 Å². The van der Waals surface area contributed by atoms with Gasteiger partial charge >= 0.3 is 0 Å². The van der Waals surface area contributed by atoms with Crippen LogP contribution in [0.5, 0.6) is 11.5 Å². The number of carbonyl (C=O) groups excluding carboxylic acids is 2. The van der Waals surface area contributed by atoms with Crippen molar-refractivity contribution in [3.8, 4) is 11.5 Å². The summed E-state index contributed by atoms with van der Waals surface area (Å²) in [6, 6.07) is 24.2.